The zero-order chi connectivity index (χ0) is 27.5. The van der Waals surface area contributed by atoms with Gasteiger partial charge in [0.05, 0.1) is 0 Å². The third kappa shape index (κ3) is 41.1. The molecule has 0 aliphatic heterocycles. The number of unbranched alkanes of at least 4 members (excludes halogenated alkanes) is 9. The zero-order valence-corrected chi connectivity index (χ0v) is 25.6. The van der Waals surface area contributed by atoms with Crippen LogP contribution in [0.5, 0.6) is 0 Å². The molecule has 35 heavy (non-hydrogen) atoms. The molecule has 0 saturated heterocycles. The molecule has 1 rings (SSSR count). The third-order valence-corrected chi connectivity index (χ3v) is 7.47. The maximum absolute atomic E-state index is 11.9. The van der Waals surface area contributed by atoms with Gasteiger partial charge < -0.3 is 15.3 Å². The monoisotopic (exact) mass is 551 g/mol. The Morgan fingerprint density at radius 3 is 1.40 bits per heavy atom. The van der Waals surface area contributed by atoms with Gasteiger partial charge in [0, 0.05) is 0 Å². The van der Waals surface area contributed by atoms with E-state index in [-0.39, 0.29) is 4.90 Å². The molecule has 1 aromatic rings. The summed E-state index contributed by atoms with van der Waals surface area (Å²) < 4.78 is 30.0. The van der Waals surface area contributed by atoms with E-state index in [0.29, 0.717) is 0 Å². The van der Waals surface area contributed by atoms with Crippen molar-refractivity contribution in [2.75, 3.05) is 0 Å². The van der Waals surface area contributed by atoms with Crippen LogP contribution in [0.15, 0.2) is 35.2 Å². The number of hydrogen-bond donors (Lipinski definition) is 0. The summed E-state index contributed by atoms with van der Waals surface area (Å²) in [4.78, 5) is 0.270. The summed E-state index contributed by atoms with van der Waals surface area (Å²) >= 11 is -0.852. The van der Waals surface area contributed by atoms with Gasteiger partial charge in [0.25, 0.3) is 0 Å². The summed E-state index contributed by atoms with van der Waals surface area (Å²) in [5, 5.41) is 28.6. The predicted molar refractivity (Wildman–Crippen MR) is 137 cm³/mol. The van der Waals surface area contributed by atoms with Crippen LogP contribution in [-0.4, -0.2) is 26.7 Å². The molecule has 0 amide bonds. The van der Waals surface area contributed by atoms with Crippen LogP contribution in [0.4, 0.5) is 0 Å². The second kappa shape index (κ2) is 28.3. The van der Waals surface area contributed by atoms with Crippen molar-refractivity contribution in [1.82, 2.24) is 0 Å². The van der Waals surface area contributed by atoms with Gasteiger partial charge in [0.15, 0.2) is 0 Å². The van der Waals surface area contributed by atoms with E-state index in [1.165, 1.54) is 57.8 Å². The molecule has 0 N–H and O–H groups in total. The average Bonchev–Trinajstić information content (AvgIpc) is 2.74. The molecule has 0 aromatic heterocycles. The Morgan fingerprint density at radius 2 is 1.03 bits per heavy atom. The van der Waals surface area contributed by atoms with E-state index in [2.05, 4.69) is 6.92 Å². The molecule has 0 aliphatic carbocycles. The maximum atomic E-state index is 11.9. The summed E-state index contributed by atoms with van der Waals surface area (Å²) in [6.07, 6.45) is 11.8. The molecule has 0 saturated carbocycles. The Morgan fingerprint density at radius 1 is 0.686 bits per heavy atom. The number of benzene rings is 1. The molecular weight excluding hydrogens is 500 g/mol. The molecule has 8 heteroatoms. The first-order valence-corrected chi connectivity index (χ1v) is 16.2. The van der Waals surface area contributed by atoms with E-state index in [1.54, 1.807) is 71.9 Å². The van der Waals surface area contributed by atoms with Gasteiger partial charge in [-0.15, -0.1) is 18.3 Å². The fourth-order valence-corrected chi connectivity index (χ4v) is 5.45. The summed E-state index contributed by atoms with van der Waals surface area (Å²) in [5.74, 6) is 0. The Kier molecular flexibility index (Phi) is 31.7. The first-order valence-electron chi connectivity index (χ1n) is 13.1. The number of hydrogen-bond acceptors (Lipinski definition) is 6. The van der Waals surface area contributed by atoms with E-state index >= 15 is 0 Å². The summed E-state index contributed by atoms with van der Waals surface area (Å²) in [7, 11) is -3.52. The molecule has 0 fully saturated rings. The van der Waals surface area contributed by atoms with Gasteiger partial charge in [0.1, 0.15) is 0 Å². The standard InChI is InChI=1S/C12H25.C6H6O3S.3C3H7O.Ti/c1-3-5-7-9-11-12-10-8-6-4-2;7-10(8,9)6-4-2-1-3-5-6;3*1-3(2)4;/h1,3-12H2,2H3;1-5H,(H,7,8,9);3*3H,1-2H3;/q;;3*-1;+4/p-1. The van der Waals surface area contributed by atoms with E-state index in [1.807, 2.05) is 0 Å². The molecule has 0 heterocycles. The number of rotatable bonds is 14. The minimum atomic E-state index is -3.52. The molecular formula is C27H51O6STi. The molecule has 0 radical (unpaired) electrons. The molecule has 0 aliphatic rings. The van der Waals surface area contributed by atoms with Crippen molar-refractivity contribution in [2.45, 2.75) is 141 Å². The van der Waals surface area contributed by atoms with Crippen LogP contribution in [0.25, 0.3) is 0 Å². The minimum absolute atomic E-state index is 0.270. The Labute approximate surface area is 226 Å². The summed E-state index contributed by atoms with van der Waals surface area (Å²) in [6, 6.07) is 8.42. The second-order valence-electron chi connectivity index (χ2n) is 9.07. The van der Waals surface area contributed by atoms with Crippen LogP contribution >= 0.6 is 0 Å². The van der Waals surface area contributed by atoms with Crippen molar-refractivity contribution in [2.24, 2.45) is 0 Å². The van der Waals surface area contributed by atoms with Crippen LogP contribution in [0.2, 0.25) is 4.73 Å². The van der Waals surface area contributed by atoms with Crippen LogP contribution in [0.1, 0.15) is 113 Å². The molecule has 0 atom stereocenters. The summed E-state index contributed by atoms with van der Waals surface area (Å²) in [5.41, 5.74) is 0. The SMILES string of the molecule is CC(C)[O-].CC(C)[O-].CC(C)[O-].CCCCCCCCCCC[CH2][Ti+3][O]S(=O)(=O)c1ccccc1. The van der Waals surface area contributed by atoms with Crippen molar-refractivity contribution in [3.05, 3.63) is 30.3 Å². The van der Waals surface area contributed by atoms with Crippen molar-refractivity contribution in [1.29, 1.82) is 0 Å². The van der Waals surface area contributed by atoms with Crippen molar-refractivity contribution >= 4 is 10.1 Å². The first kappa shape index (κ1) is 39.2. The average molecular weight is 552 g/mol. The zero-order valence-electron chi connectivity index (χ0n) is 23.3. The molecule has 6 nitrogen and oxygen atoms in total. The predicted octanol–water partition coefficient (Wildman–Crippen LogP) is 4.99. The van der Waals surface area contributed by atoms with Crippen LogP contribution < -0.4 is 15.3 Å². The Bertz CT molecular complexity index is 599. The normalized spacial score (nSPS) is 10.5. The van der Waals surface area contributed by atoms with Crippen molar-refractivity contribution in [3.8, 4) is 0 Å². The van der Waals surface area contributed by atoms with Gasteiger partial charge in [-0.25, -0.2) is 0 Å². The van der Waals surface area contributed by atoms with Gasteiger partial charge in [0.2, 0.25) is 0 Å². The van der Waals surface area contributed by atoms with Gasteiger partial charge in [-0.2, -0.15) is 0 Å². The van der Waals surface area contributed by atoms with Gasteiger partial charge in [-0.05, 0) is 0 Å². The van der Waals surface area contributed by atoms with E-state index in [9.17, 15) is 23.7 Å². The molecule has 205 valence electrons. The van der Waals surface area contributed by atoms with Crippen LogP contribution in [0.3, 0.4) is 0 Å². The van der Waals surface area contributed by atoms with Crippen LogP contribution in [-0.2, 0) is 32.4 Å². The van der Waals surface area contributed by atoms with E-state index in [0.717, 1.165) is 11.1 Å². The van der Waals surface area contributed by atoms with Crippen molar-refractivity contribution in [3.63, 3.8) is 0 Å². The molecule has 0 unspecified atom stereocenters. The molecule has 0 bridgehead atoms. The topological polar surface area (TPSA) is 113 Å². The summed E-state index contributed by atoms with van der Waals surface area (Å²) in [6.45, 7) is 11.9. The van der Waals surface area contributed by atoms with E-state index in [4.69, 9.17) is 2.76 Å². The first-order chi connectivity index (χ1) is 16.4. The molecule has 1 aromatic carbocycles. The Hall–Kier alpha value is -0.276. The molecule has 0 spiro atoms. The van der Waals surface area contributed by atoms with Gasteiger partial charge in [-0.3, -0.25) is 0 Å². The van der Waals surface area contributed by atoms with E-state index < -0.39 is 48.0 Å². The quantitative estimate of drug-likeness (QED) is 0.238. The van der Waals surface area contributed by atoms with Crippen molar-refractivity contribution < 1.29 is 46.0 Å². The third-order valence-electron chi connectivity index (χ3n) is 3.83. The van der Waals surface area contributed by atoms with Crippen LogP contribution in [0, 0.1) is 0 Å². The fourth-order valence-electron chi connectivity index (χ4n) is 2.44. The second-order valence-corrected chi connectivity index (χ2v) is 12.6. The Balaban J connectivity index is -0.000000706. The van der Waals surface area contributed by atoms with Gasteiger partial charge in [-0.1, -0.05) is 41.5 Å². The van der Waals surface area contributed by atoms with Gasteiger partial charge >= 0.3 is 152 Å². The fraction of sp³-hybridized carbons (Fsp3) is 0.778.